The molecule has 0 spiro atoms. The van der Waals surface area contributed by atoms with E-state index in [1.54, 1.807) is 14.1 Å². The van der Waals surface area contributed by atoms with E-state index in [0.29, 0.717) is 13.0 Å². The molecule has 0 fully saturated rings. The normalized spacial score (nSPS) is 11.4. The molecular formula is C7H17N3O3S. The Morgan fingerprint density at radius 3 is 2.43 bits per heavy atom. The van der Waals surface area contributed by atoms with Gasteiger partial charge in [-0.15, -0.1) is 0 Å². The van der Waals surface area contributed by atoms with Crippen molar-refractivity contribution in [2.75, 3.05) is 32.9 Å². The average molecular weight is 223 g/mol. The fourth-order valence-electron chi connectivity index (χ4n) is 0.675. The Morgan fingerprint density at radius 1 is 1.43 bits per heavy atom. The second-order valence-corrected chi connectivity index (χ2v) is 5.00. The van der Waals surface area contributed by atoms with Gasteiger partial charge in [-0.25, -0.2) is 13.1 Å². The van der Waals surface area contributed by atoms with Crippen LogP contribution in [0.25, 0.3) is 0 Å². The lowest BCUT2D eigenvalue weighted by atomic mass is 10.5. The van der Waals surface area contributed by atoms with Gasteiger partial charge in [0.1, 0.15) is 0 Å². The molecule has 14 heavy (non-hydrogen) atoms. The summed E-state index contributed by atoms with van der Waals surface area (Å²) in [6.07, 6.45) is 0.394. The second-order valence-electron chi connectivity index (χ2n) is 3.07. The van der Waals surface area contributed by atoms with Crippen LogP contribution in [-0.4, -0.2) is 52.2 Å². The minimum atomic E-state index is -3.35. The first-order chi connectivity index (χ1) is 6.39. The molecule has 0 saturated heterocycles. The fourth-order valence-corrected chi connectivity index (χ4v) is 1.71. The van der Waals surface area contributed by atoms with Gasteiger partial charge in [-0.2, -0.15) is 0 Å². The maximum atomic E-state index is 11.2. The molecule has 0 unspecified atom stereocenters. The van der Waals surface area contributed by atoms with E-state index in [2.05, 4.69) is 4.72 Å². The number of likely N-dealkylation sites (N-methyl/N-ethyl adjacent to an activating group) is 1. The number of hydrogen-bond acceptors (Lipinski definition) is 4. The Morgan fingerprint density at radius 2 is 2.00 bits per heavy atom. The maximum absolute atomic E-state index is 11.2. The molecular weight excluding hydrogens is 206 g/mol. The fraction of sp³-hybridized carbons (Fsp3) is 0.857. The molecule has 0 bridgehead atoms. The SMILES string of the molecule is CN(C)C(=O)CNS(=O)(=O)CCCN. The van der Waals surface area contributed by atoms with E-state index < -0.39 is 10.0 Å². The van der Waals surface area contributed by atoms with Gasteiger partial charge >= 0.3 is 0 Å². The third kappa shape index (κ3) is 5.90. The first kappa shape index (κ1) is 13.3. The molecule has 0 heterocycles. The van der Waals surface area contributed by atoms with Gasteiger partial charge in [0.15, 0.2) is 0 Å². The van der Waals surface area contributed by atoms with Crippen molar-refractivity contribution in [1.29, 1.82) is 0 Å². The molecule has 1 amide bonds. The molecule has 0 aromatic carbocycles. The van der Waals surface area contributed by atoms with Crippen molar-refractivity contribution >= 4 is 15.9 Å². The van der Waals surface area contributed by atoms with Crippen molar-refractivity contribution in [3.8, 4) is 0 Å². The van der Waals surface area contributed by atoms with Crippen LogP contribution in [0.1, 0.15) is 6.42 Å². The van der Waals surface area contributed by atoms with E-state index in [1.807, 2.05) is 0 Å². The minimum Gasteiger partial charge on any atom is -0.348 e. The van der Waals surface area contributed by atoms with Crippen molar-refractivity contribution in [2.24, 2.45) is 5.73 Å². The Balaban J connectivity index is 3.94. The Hall–Kier alpha value is -0.660. The molecule has 7 heteroatoms. The zero-order chi connectivity index (χ0) is 11.2. The number of nitrogens with one attached hydrogen (secondary N) is 1. The Kier molecular flexibility index (Phi) is 5.66. The van der Waals surface area contributed by atoms with Gasteiger partial charge in [-0.1, -0.05) is 0 Å². The molecule has 0 saturated carbocycles. The molecule has 0 aromatic rings. The Labute approximate surface area is 84.5 Å². The number of carbonyl (C=O) groups is 1. The van der Waals surface area contributed by atoms with Gasteiger partial charge in [-0.3, -0.25) is 4.79 Å². The molecule has 0 aromatic heterocycles. The van der Waals surface area contributed by atoms with Gasteiger partial charge in [0.2, 0.25) is 15.9 Å². The first-order valence-corrected chi connectivity index (χ1v) is 5.92. The van der Waals surface area contributed by atoms with E-state index in [9.17, 15) is 13.2 Å². The topological polar surface area (TPSA) is 92.5 Å². The molecule has 84 valence electrons. The van der Waals surface area contributed by atoms with Crippen LogP contribution >= 0.6 is 0 Å². The summed E-state index contributed by atoms with van der Waals surface area (Å²) in [6.45, 7) is 0.127. The van der Waals surface area contributed by atoms with Gasteiger partial charge in [0, 0.05) is 14.1 Å². The highest BCUT2D eigenvalue weighted by molar-refractivity contribution is 7.89. The average Bonchev–Trinajstić information content (AvgIpc) is 2.11. The van der Waals surface area contributed by atoms with Crippen molar-refractivity contribution in [1.82, 2.24) is 9.62 Å². The van der Waals surface area contributed by atoms with Crippen molar-refractivity contribution in [3.05, 3.63) is 0 Å². The number of nitrogens with two attached hydrogens (primary N) is 1. The number of amides is 1. The minimum absolute atomic E-state index is 0.0375. The first-order valence-electron chi connectivity index (χ1n) is 4.26. The van der Waals surface area contributed by atoms with Gasteiger partial charge < -0.3 is 10.6 Å². The molecule has 3 N–H and O–H groups in total. The highest BCUT2D eigenvalue weighted by Gasteiger charge is 2.12. The smallest absolute Gasteiger partial charge is 0.237 e. The largest absolute Gasteiger partial charge is 0.348 e. The molecule has 0 radical (unpaired) electrons. The number of sulfonamides is 1. The van der Waals surface area contributed by atoms with Gasteiger partial charge in [0.25, 0.3) is 0 Å². The number of rotatable bonds is 6. The lowest BCUT2D eigenvalue weighted by molar-refractivity contribution is -0.127. The lowest BCUT2D eigenvalue weighted by Crippen LogP contribution is -2.37. The van der Waals surface area contributed by atoms with Crippen LogP contribution in [0.4, 0.5) is 0 Å². The van der Waals surface area contributed by atoms with E-state index >= 15 is 0 Å². The van der Waals surface area contributed by atoms with E-state index in [-0.39, 0.29) is 18.2 Å². The third-order valence-corrected chi connectivity index (χ3v) is 2.97. The highest BCUT2D eigenvalue weighted by atomic mass is 32.2. The summed E-state index contributed by atoms with van der Waals surface area (Å²) in [6, 6.07) is 0. The number of hydrogen-bond donors (Lipinski definition) is 2. The lowest BCUT2D eigenvalue weighted by Gasteiger charge is -2.10. The third-order valence-electron chi connectivity index (χ3n) is 1.56. The van der Waals surface area contributed by atoms with Crippen LogP contribution in [0, 0.1) is 0 Å². The molecule has 0 atom stereocenters. The summed E-state index contributed by atoms with van der Waals surface area (Å²) < 4.78 is 24.6. The van der Waals surface area contributed by atoms with Crippen LogP contribution in [0.2, 0.25) is 0 Å². The number of nitrogens with zero attached hydrogens (tertiary/aromatic N) is 1. The summed E-state index contributed by atoms with van der Waals surface area (Å²) in [5.41, 5.74) is 5.17. The quantitative estimate of drug-likeness (QED) is 0.564. The molecule has 6 nitrogen and oxygen atoms in total. The zero-order valence-electron chi connectivity index (χ0n) is 8.49. The van der Waals surface area contributed by atoms with Crippen LogP contribution in [0.15, 0.2) is 0 Å². The van der Waals surface area contributed by atoms with E-state index in [1.165, 1.54) is 4.90 Å². The molecule has 0 aliphatic heterocycles. The van der Waals surface area contributed by atoms with Crippen LogP contribution < -0.4 is 10.5 Å². The maximum Gasteiger partial charge on any atom is 0.237 e. The zero-order valence-corrected chi connectivity index (χ0v) is 9.30. The van der Waals surface area contributed by atoms with Crippen molar-refractivity contribution < 1.29 is 13.2 Å². The predicted molar refractivity (Wildman–Crippen MR) is 54.2 cm³/mol. The van der Waals surface area contributed by atoms with Gasteiger partial charge in [-0.05, 0) is 13.0 Å². The van der Waals surface area contributed by atoms with Crippen molar-refractivity contribution in [3.63, 3.8) is 0 Å². The summed E-state index contributed by atoms with van der Waals surface area (Å²) in [5.74, 6) is -0.314. The molecule has 0 aliphatic rings. The molecule has 0 aliphatic carbocycles. The van der Waals surface area contributed by atoms with Crippen LogP contribution in [0.3, 0.4) is 0 Å². The summed E-state index contributed by atoms with van der Waals surface area (Å²) >= 11 is 0. The van der Waals surface area contributed by atoms with Crippen molar-refractivity contribution in [2.45, 2.75) is 6.42 Å². The van der Waals surface area contributed by atoms with E-state index in [0.717, 1.165) is 0 Å². The van der Waals surface area contributed by atoms with Gasteiger partial charge in [0.05, 0.1) is 12.3 Å². The second kappa shape index (κ2) is 5.94. The Bertz CT molecular complexity index is 274. The molecule has 0 rings (SSSR count). The summed E-state index contributed by atoms with van der Waals surface area (Å²) in [5, 5.41) is 0. The van der Waals surface area contributed by atoms with Crippen LogP contribution in [-0.2, 0) is 14.8 Å². The standard InChI is InChI=1S/C7H17N3O3S/c1-10(2)7(11)6-9-14(12,13)5-3-4-8/h9H,3-6,8H2,1-2H3. The number of carbonyl (C=O) groups excluding carboxylic acids is 1. The van der Waals surface area contributed by atoms with Crippen LogP contribution in [0.5, 0.6) is 0 Å². The predicted octanol–water partition coefficient (Wildman–Crippen LogP) is -1.66. The summed E-state index contributed by atoms with van der Waals surface area (Å²) in [4.78, 5) is 12.4. The van der Waals surface area contributed by atoms with E-state index in [4.69, 9.17) is 5.73 Å². The monoisotopic (exact) mass is 223 g/mol. The highest BCUT2D eigenvalue weighted by Crippen LogP contribution is 1.88. The summed E-state index contributed by atoms with van der Waals surface area (Å²) in [7, 11) is -0.218.